The molecule has 1 aromatic carbocycles. The van der Waals surface area contributed by atoms with E-state index in [4.69, 9.17) is 0 Å². The van der Waals surface area contributed by atoms with Gasteiger partial charge in [-0.1, -0.05) is 12.1 Å². The first-order valence-corrected chi connectivity index (χ1v) is 9.91. The molecule has 0 aliphatic carbocycles. The van der Waals surface area contributed by atoms with Gasteiger partial charge in [0.05, 0.1) is 5.69 Å². The normalized spacial score (nSPS) is 11.9. The van der Waals surface area contributed by atoms with Gasteiger partial charge in [-0.05, 0) is 40.5 Å². The van der Waals surface area contributed by atoms with Crippen LogP contribution in [0, 0.1) is 6.92 Å². The summed E-state index contributed by atoms with van der Waals surface area (Å²) in [7, 11) is -0.793. The number of nitrogens with one attached hydrogen (secondary N) is 2. The summed E-state index contributed by atoms with van der Waals surface area (Å²) in [5, 5.41) is 0.697. The Kier molecular flexibility index (Phi) is 4.87. The zero-order valence-electron chi connectivity index (χ0n) is 14.4. The number of aromatic nitrogens is 2. The average Bonchev–Trinajstić information content (AvgIpc) is 2.99. The van der Waals surface area contributed by atoms with E-state index in [1.807, 2.05) is 6.07 Å². The van der Waals surface area contributed by atoms with Crippen molar-refractivity contribution in [3.8, 4) is 0 Å². The minimum absolute atomic E-state index is 0.209. The van der Waals surface area contributed by atoms with E-state index in [-0.39, 0.29) is 5.78 Å². The van der Waals surface area contributed by atoms with E-state index in [9.17, 15) is 13.2 Å². The predicted molar refractivity (Wildman–Crippen MR) is 105 cm³/mol. The number of aromatic amines is 1. The number of pyridine rings is 1. The van der Waals surface area contributed by atoms with Crippen molar-refractivity contribution in [1.29, 1.82) is 0 Å². The molecule has 0 bridgehead atoms. The maximum Gasteiger partial charge on any atom is 0.301 e. The molecule has 0 atom stereocenters. The Balaban J connectivity index is 2.05. The number of hydrogen-bond donors (Lipinski definition) is 2. The minimum atomic E-state index is -3.66. The monoisotopic (exact) mass is 436 g/mol. The Bertz CT molecular complexity index is 1110. The molecule has 7 nitrogen and oxygen atoms in total. The molecule has 0 spiro atoms. The molecule has 9 heteroatoms. The molecule has 0 saturated carbocycles. The third-order valence-corrected chi connectivity index (χ3v) is 5.91. The van der Waals surface area contributed by atoms with Gasteiger partial charge in [-0.15, -0.1) is 0 Å². The van der Waals surface area contributed by atoms with E-state index in [1.165, 1.54) is 14.1 Å². The fraction of sp³-hybridized carbons (Fsp3) is 0.176. The maximum absolute atomic E-state index is 13.1. The zero-order chi connectivity index (χ0) is 19.1. The van der Waals surface area contributed by atoms with Crippen molar-refractivity contribution in [2.45, 2.75) is 6.92 Å². The van der Waals surface area contributed by atoms with Crippen LogP contribution in [0.1, 0.15) is 21.5 Å². The summed E-state index contributed by atoms with van der Waals surface area (Å²) in [6, 6.07) is 6.77. The number of ketones is 1. The summed E-state index contributed by atoms with van der Waals surface area (Å²) < 4.78 is 28.5. The van der Waals surface area contributed by atoms with Crippen molar-refractivity contribution in [3.05, 3.63) is 57.8 Å². The van der Waals surface area contributed by atoms with Gasteiger partial charge in [0.25, 0.3) is 0 Å². The first-order chi connectivity index (χ1) is 12.2. The third kappa shape index (κ3) is 3.37. The van der Waals surface area contributed by atoms with Crippen LogP contribution in [0.15, 0.2) is 41.1 Å². The summed E-state index contributed by atoms with van der Waals surface area (Å²) >= 11 is 3.36. The van der Waals surface area contributed by atoms with Crippen LogP contribution in [-0.2, 0) is 10.2 Å². The van der Waals surface area contributed by atoms with Crippen LogP contribution in [0.4, 0.5) is 5.69 Å². The molecule has 136 valence electrons. The van der Waals surface area contributed by atoms with Gasteiger partial charge in [-0.2, -0.15) is 12.7 Å². The Labute approximate surface area is 159 Å². The fourth-order valence-corrected chi connectivity index (χ4v) is 3.55. The second kappa shape index (κ2) is 6.82. The van der Waals surface area contributed by atoms with Gasteiger partial charge < -0.3 is 4.98 Å². The Morgan fingerprint density at radius 3 is 2.69 bits per heavy atom. The molecule has 26 heavy (non-hydrogen) atoms. The van der Waals surface area contributed by atoms with E-state index < -0.39 is 10.2 Å². The van der Waals surface area contributed by atoms with Gasteiger partial charge in [-0.25, -0.2) is 4.98 Å². The Morgan fingerprint density at radius 2 is 2.00 bits per heavy atom. The average molecular weight is 437 g/mol. The van der Waals surface area contributed by atoms with E-state index >= 15 is 0 Å². The van der Waals surface area contributed by atoms with Crippen molar-refractivity contribution in [2.75, 3.05) is 18.8 Å². The molecule has 0 unspecified atom stereocenters. The van der Waals surface area contributed by atoms with Crippen LogP contribution < -0.4 is 4.72 Å². The first-order valence-electron chi connectivity index (χ1n) is 7.68. The topological polar surface area (TPSA) is 95.2 Å². The molecule has 0 radical (unpaired) electrons. The first kappa shape index (κ1) is 18.6. The molecule has 0 fully saturated rings. The van der Waals surface area contributed by atoms with Crippen LogP contribution in [-0.4, -0.2) is 42.6 Å². The minimum Gasteiger partial charge on any atom is -0.345 e. The molecule has 0 aliphatic heterocycles. The van der Waals surface area contributed by atoms with Gasteiger partial charge in [-0.3, -0.25) is 9.52 Å². The van der Waals surface area contributed by atoms with Crippen LogP contribution in [0.3, 0.4) is 0 Å². The summed E-state index contributed by atoms with van der Waals surface area (Å²) in [4.78, 5) is 20.3. The van der Waals surface area contributed by atoms with Crippen LogP contribution in [0.5, 0.6) is 0 Å². The number of nitrogens with zero attached hydrogens (tertiary/aromatic N) is 2. The maximum atomic E-state index is 13.1. The number of rotatable bonds is 5. The molecular weight excluding hydrogens is 420 g/mol. The van der Waals surface area contributed by atoms with Crippen molar-refractivity contribution in [1.82, 2.24) is 14.3 Å². The molecular formula is C17H17BrN4O3S. The highest BCUT2D eigenvalue weighted by Gasteiger charge is 2.20. The number of benzene rings is 1. The number of halogens is 1. The molecule has 0 saturated heterocycles. The van der Waals surface area contributed by atoms with Crippen LogP contribution in [0.2, 0.25) is 0 Å². The third-order valence-electron chi connectivity index (χ3n) is 4.04. The van der Waals surface area contributed by atoms with E-state index in [0.717, 1.165) is 8.78 Å². The largest absolute Gasteiger partial charge is 0.345 e. The van der Waals surface area contributed by atoms with Gasteiger partial charge >= 0.3 is 10.2 Å². The van der Waals surface area contributed by atoms with Crippen molar-refractivity contribution in [2.24, 2.45) is 0 Å². The molecule has 3 rings (SSSR count). The number of fused-ring (bicyclic) bond motifs is 1. The quantitative estimate of drug-likeness (QED) is 0.600. The van der Waals surface area contributed by atoms with Crippen molar-refractivity contribution in [3.63, 3.8) is 0 Å². The molecule has 3 aromatic rings. The highest BCUT2D eigenvalue weighted by molar-refractivity contribution is 9.10. The highest BCUT2D eigenvalue weighted by atomic mass is 79.9. The second-order valence-electron chi connectivity index (χ2n) is 5.95. The highest BCUT2D eigenvalue weighted by Crippen LogP contribution is 2.27. The van der Waals surface area contributed by atoms with Crippen molar-refractivity contribution >= 4 is 48.6 Å². The number of anilines is 1. The summed E-state index contributed by atoms with van der Waals surface area (Å²) in [6.45, 7) is 1.71. The number of hydrogen-bond acceptors (Lipinski definition) is 4. The molecule has 2 aromatic heterocycles. The predicted octanol–water partition coefficient (Wildman–Crippen LogP) is 3.08. The number of carbonyl (C=O) groups excluding carboxylic acids is 1. The lowest BCUT2D eigenvalue weighted by Crippen LogP contribution is -2.29. The Morgan fingerprint density at radius 1 is 1.27 bits per heavy atom. The summed E-state index contributed by atoms with van der Waals surface area (Å²) in [5.41, 5.74) is 2.43. The standard InChI is InChI=1S/C17H17BrN4O3S/c1-10-12(5-4-6-15(10)21-26(24,25)22(2)3)16(23)14-9-20-17-13(14)7-11(18)8-19-17/h4-9,21H,1-3H3,(H,19,20). The summed E-state index contributed by atoms with van der Waals surface area (Å²) in [6.07, 6.45) is 3.26. The fourth-order valence-electron chi connectivity index (χ4n) is 2.53. The van der Waals surface area contributed by atoms with Crippen molar-refractivity contribution < 1.29 is 13.2 Å². The molecule has 2 heterocycles. The lowest BCUT2D eigenvalue weighted by atomic mass is 9.98. The van der Waals surface area contributed by atoms with Gasteiger partial charge in [0.15, 0.2) is 5.78 Å². The van der Waals surface area contributed by atoms with Crippen LogP contribution >= 0.6 is 15.9 Å². The van der Waals surface area contributed by atoms with Gasteiger partial charge in [0, 0.05) is 47.5 Å². The SMILES string of the molecule is Cc1c(NS(=O)(=O)N(C)C)cccc1C(=O)c1c[nH]c2ncc(Br)cc12. The second-order valence-corrected chi connectivity index (χ2v) is 8.75. The number of carbonyl (C=O) groups is 1. The zero-order valence-corrected chi connectivity index (χ0v) is 16.8. The molecule has 2 N–H and O–H groups in total. The van der Waals surface area contributed by atoms with Crippen LogP contribution in [0.25, 0.3) is 11.0 Å². The van der Waals surface area contributed by atoms with E-state index in [2.05, 4.69) is 30.6 Å². The van der Waals surface area contributed by atoms with Gasteiger partial charge in [0.2, 0.25) is 0 Å². The summed E-state index contributed by atoms with van der Waals surface area (Å²) in [5.74, 6) is -0.209. The lowest BCUT2D eigenvalue weighted by molar-refractivity contribution is 0.103. The van der Waals surface area contributed by atoms with E-state index in [1.54, 1.807) is 37.5 Å². The van der Waals surface area contributed by atoms with Gasteiger partial charge in [0.1, 0.15) is 5.65 Å². The van der Waals surface area contributed by atoms with E-state index in [0.29, 0.717) is 33.4 Å². The molecule has 0 aliphatic rings. The molecule has 0 amide bonds. The smallest absolute Gasteiger partial charge is 0.301 e. The Hall–Kier alpha value is -2.23. The number of H-pyrrole nitrogens is 1. The lowest BCUT2D eigenvalue weighted by Gasteiger charge is -2.16.